The van der Waals surface area contributed by atoms with Gasteiger partial charge in [0.2, 0.25) is 0 Å². The predicted octanol–water partition coefficient (Wildman–Crippen LogP) is 2.18. The van der Waals surface area contributed by atoms with Gasteiger partial charge in [0.25, 0.3) is 0 Å². The molecule has 0 unspecified atom stereocenters. The van der Waals surface area contributed by atoms with E-state index in [9.17, 15) is 14.0 Å². The summed E-state index contributed by atoms with van der Waals surface area (Å²) in [5.74, 6) is -1.47. The highest BCUT2D eigenvalue weighted by molar-refractivity contribution is 5.93. The third-order valence-corrected chi connectivity index (χ3v) is 2.68. The molecular formula is C13H17FN2O3. The molecular weight excluding hydrogens is 251 g/mol. The topological polar surface area (TPSA) is 60.9 Å². The summed E-state index contributed by atoms with van der Waals surface area (Å²) < 4.78 is 12.8. The largest absolute Gasteiger partial charge is 0.480 e. The van der Waals surface area contributed by atoms with Gasteiger partial charge in [-0.1, -0.05) is 0 Å². The molecule has 2 amide bonds. The zero-order valence-electron chi connectivity index (χ0n) is 11.1. The van der Waals surface area contributed by atoms with E-state index in [0.29, 0.717) is 5.69 Å². The van der Waals surface area contributed by atoms with Gasteiger partial charge in [-0.3, -0.25) is 9.69 Å². The SMILES string of the molecule is CC(C)N(CC(=O)O)C(=O)N(C)c1ccc(F)cc1. The number of aliphatic carboxylic acids is 1. The number of benzene rings is 1. The third-order valence-electron chi connectivity index (χ3n) is 2.68. The number of carbonyl (C=O) groups is 2. The zero-order valence-corrected chi connectivity index (χ0v) is 11.1. The lowest BCUT2D eigenvalue weighted by molar-refractivity contribution is -0.137. The van der Waals surface area contributed by atoms with Gasteiger partial charge >= 0.3 is 12.0 Å². The maximum absolute atomic E-state index is 12.8. The molecule has 0 fully saturated rings. The van der Waals surface area contributed by atoms with Crippen molar-refractivity contribution < 1.29 is 19.1 Å². The molecule has 0 atom stereocenters. The molecule has 0 aliphatic carbocycles. The van der Waals surface area contributed by atoms with Gasteiger partial charge in [-0.05, 0) is 38.1 Å². The maximum Gasteiger partial charge on any atom is 0.324 e. The smallest absolute Gasteiger partial charge is 0.324 e. The van der Waals surface area contributed by atoms with Crippen molar-refractivity contribution in [3.63, 3.8) is 0 Å². The van der Waals surface area contributed by atoms with Gasteiger partial charge in [-0.15, -0.1) is 0 Å². The number of hydrogen-bond donors (Lipinski definition) is 1. The Morgan fingerprint density at radius 1 is 1.26 bits per heavy atom. The Hall–Kier alpha value is -2.11. The standard InChI is InChI=1S/C13H17FN2O3/c1-9(2)16(8-12(17)18)13(19)15(3)11-6-4-10(14)5-7-11/h4-7,9H,8H2,1-3H3,(H,17,18). The van der Waals surface area contributed by atoms with Crippen molar-refractivity contribution in [3.8, 4) is 0 Å². The average Bonchev–Trinajstić information content (AvgIpc) is 2.34. The molecule has 0 heterocycles. The Balaban J connectivity index is 2.89. The fraction of sp³-hybridized carbons (Fsp3) is 0.385. The summed E-state index contributed by atoms with van der Waals surface area (Å²) in [5.41, 5.74) is 0.502. The number of hydrogen-bond acceptors (Lipinski definition) is 2. The highest BCUT2D eigenvalue weighted by Crippen LogP contribution is 2.16. The van der Waals surface area contributed by atoms with Gasteiger partial charge < -0.3 is 10.0 Å². The minimum atomic E-state index is -1.07. The molecule has 0 aromatic heterocycles. The summed E-state index contributed by atoms with van der Waals surface area (Å²) in [6.07, 6.45) is 0. The molecule has 0 saturated carbocycles. The lowest BCUT2D eigenvalue weighted by Crippen LogP contribution is -2.47. The number of amides is 2. The van der Waals surface area contributed by atoms with E-state index in [-0.39, 0.29) is 12.6 Å². The maximum atomic E-state index is 12.8. The molecule has 5 nitrogen and oxygen atoms in total. The average molecular weight is 268 g/mol. The van der Waals surface area contributed by atoms with Gasteiger partial charge in [0.1, 0.15) is 12.4 Å². The van der Waals surface area contributed by atoms with Crippen molar-refractivity contribution in [1.29, 1.82) is 0 Å². The minimum Gasteiger partial charge on any atom is -0.480 e. The second kappa shape index (κ2) is 6.17. The molecule has 0 spiro atoms. The van der Waals surface area contributed by atoms with Gasteiger partial charge in [0.15, 0.2) is 0 Å². The first-order valence-electron chi connectivity index (χ1n) is 5.84. The Labute approximate surface area is 111 Å². The molecule has 1 rings (SSSR count). The fourth-order valence-corrected chi connectivity index (χ4v) is 1.58. The molecule has 1 N–H and O–H groups in total. The quantitative estimate of drug-likeness (QED) is 0.910. The number of anilines is 1. The van der Waals surface area contributed by atoms with Gasteiger partial charge in [-0.25, -0.2) is 9.18 Å². The van der Waals surface area contributed by atoms with E-state index in [2.05, 4.69) is 0 Å². The van der Waals surface area contributed by atoms with Crippen LogP contribution in [0.2, 0.25) is 0 Å². The fourth-order valence-electron chi connectivity index (χ4n) is 1.58. The molecule has 0 bridgehead atoms. The number of urea groups is 1. The van der Waals surface area contributed by atoms with E-state index in [1.807, 2.05) is 0 Å². The monoisotopic (exact) mass is 268 g/mol. The highest BCUT2D eigenvalue weighted by atomic mass is 19.1. The summed E-state index contributed by atoms with van der Waals surface area (Å²) in [4.78, 5) is 25.5. The Bertz CT molecular complexity index is 459. The summed E-state index contributed by atoms with van der Waals surface area (Å²) in [6.45, 7) is 3.10. The van der Waals surface area contributed by atoms with Crippen molar-refractivity contribution in [3.05, 3.63) is 30.1 Å². The molecule has 6 heteroatoms. The van der Waals surface area contributed by atoms with Crippen LogP contribution in [0.15, 0.2) is 24.3 Å². The molecule has 1 aromatic rings. The molecule has 104 valence electrons. The van der Waals surface area contributed by atoms with Crippen LogP contribution in [0, 0.1) is 5.82 Å². The summed E-state index contributed by atoms with van der Waals surface area (Å²) >= 11 is 0. The number of halogens is 1. The Kier molecular flexibility index (Phi) is 4.86. The third kappa shape index (κ3) is 3.94. The normalized spacial score (nSPS) is 10.4. The summed E-state index contributed by atoms with van der Waals surface area (Å²) in [7, 11) is 1.52. The molecule has 1 aromatic carbocycles. The lowest BCUT2D eigenvalue weighted by Gasteiger charge is -2.30. The second-order valence-corrected chi connectivity index (χ2v) is 4.43. The van der Waals surface area contributed by atoms with Gasteiger partial charge in [-0.2, -0.15) is 0 Å². The van der Waals surface area contributed by atoms with Crippen LogP contribution in [0.1, 0.15) is 13.8 Å². The summed E-state index contributed by atoms with van der Waals surface area (Å²) in [6, 6.07) is 4.74. The van der Waals surface area contributed by atoms with Crippen LogP contribution in [0.4, 0.5) is 14.9 Å². The predicted molar refractivity (Wildman–Crippen MR) is 69.7 cm³/mol. The highest BCUT2D eigenvalue weighted by Gasteiger charge is 2.23. The van der Waals surface area contributed by atoms with E-state index in [1.54, 1.807) is 13.8 Å². The van der Waals surface area contributed by atoms with E-state index in [4.69, 9.17) is 5.11 Å². The van der Waals surface area contributed by atoms with Crippen LogP contribution >= 0.6 is 0 Å². The zero-order chi connectivity index (χ0) is 14.6. The first kappa shape index (κ1) is 14.9. The Morgan fingerprint density at radius 2 is 1.79 bits per heavy atom. The molecule has 0 radical (unpaired) electrons. The first-order valence-corrected chi connectivity index (χ1v) is 5.84. The van der Waals surface area contributed by atoms with Crippen LogP contribution < -0.4 is 4.90 Å². The van der Waals surface area contributed by atoms with Crippen molar-refractivity contribution in [2.75, 3.05) is 18.5 Å². The van der Waals surface area contributed by atoms with Crippen molar-refractivity contribution in [2.45, 2.75) is 19.9 Å². The molecule has 0 aliphatic heterocycles. The van der Waals surface area contributed by atoms with E-state index >= 15 is 0 Å². The van der Waals surface area contributed by atoms with Crippen LogP contribution in [0.25, 0.3) is 0 Å². The number of nitrogens with zero attached hydrogens (tertiary/aromatic N) is 2. The second-order valence-electron chi connectivity index (χ2n) is 4.43. The number of carboxylic acid groups (broad SMARTS) is 1. The van der Waals surface area contributed by atoms with E-state index < -0.39 is 17.8 Å². The minimum absolute atomic E-state index is 0.244. The molecule has 0 saturated heterocycles. The van der Waals surface area contributed by atoms with Crippen LogP contribution in [0.5, 0.6) is 0 Å². The van der Waals surface area contributed by atoms with Gasteiger partial charge in [0, 0.05) is 18.8 Å². The van der Waals surface area contributed by atoms with Crippen molar-refractivity contribution in [2.24, 2.45) is 0 Å². The number of rotatable bonds is 4. The number of carboxylic acids is 1. The Morgan fingerprint density at radius 3 is 2.21 bits per heavy atom. The van der Waals surface area contributed by atoms with Crippen LogP contribution in [-0.4, -0.2) is 41.6 Å². The van der Waals surface area contributed by atoms with E-state index in [1.165, 1.54) is 41.1 Å². The van der Waals surface area contributed by atoms with Gasteiger partial charge in [0.05, 0.1) is 0 Å². The number of carbonyl (C=O) groups excluding carboxylic acids is 1. The molecule has 0 aliphatic rings. The molecule has 19 heavy (non-hydrogen) atoms. The summed E-state index contributed by atoms with van der Waals surface area (Å²) in [5, 5.41) is 8.81. The van der Waals surface area contributed by atoms with Crippen LogP contribution in [0.3, 0.4) is 0 Å². The lowest BCUT2D eigenvalue weighted by atomic mass is 10.3. The first-order chi connectivity index (χ1) is 8.82. The van der Waals surface area contributed by atoms with Crippen molar-refractivity contribution >= 4 is 17.7 Å². The van der Waals surface area contributed by atoms with E-state index in [0.717, 1.165) is 0 Å². The van der Waals surface area contributed by atoms with Crippen LogP contribution in [-0.2, 0) is 4.79 Å². The van der Waals surface area contributed by atoms with Crippen molar-refractivity contribution in [1.82, 2.24) is 4.90 Å².